The number of nitrogens with one attached hydrogen (secondary N) is 1. The Morgan fingerprint density at radius 2 is 2.05 bits per heavy atom. The van der Waals surface area contributed by atoms with Crippen molar-refractivity contribution in [1.29, 1.82) is 5.26 Å². The quantitative estimate of drug-likeness (QED) is 0.885. The van der Waals surface area contributed by atoms with Crippen molar-refractivity contribution < 1.29 is 4.39 Å². The Kier molecular flexibility index (Phi) is 3.97. The molecule has 1 N–H and O–H groups in total. The van der Waals surface area contributed by atoms with Crippen LogP contribution in [0.5, 0.6) is 0 Å². The molecule has 5 heteroatoms. The molecule has 20 heavy (non-hydrogen) atoms. The number of likely N-dealkylation sites (tertiary alicyclic amines) is 1. The molecule has 3 rings (SSSR count). The van der Waals surface area contributed by atoms with Gasteiger partial charge in [0.1, 0.15) is 11.9 Å². The van der Waals surface area contributed by atoms with Crippen LogP contribution in [0.15, 0.2) is 18.2 Å². The van der Waals surface area contributed by atoms with E-state index in [1.54, 1.807) is 12.1 Å². The lowest BCUT2D eigenvalue weighted by Crippen LogP contribution is -2.62. The Balaban J connectivity index is 1.52. The van der Waals surface area contributed by atoms with Crippen LogP contribution in [0.25, 0.3) is 0 Å². The van der Waals surface area contributed by atoms with Crippen molar-refractivity contribution in [3.63, 3.8) is 0 Å². The van der Waals surface area contributed by atoms with Crippen molar-refractivity contribution in [3.8, 4) is 6.07 Å². The number of nitrogens with zero attached hydrogens (tertiary/aromatic N) is 3. The lowest BCUT2D eigenvalue weighted by atomic mass is 10.0. The Morgan fingerprint density at radius 1 is 1.30 bits per heavy atom. The minimum absolute atomic E-state index is 0.140. The predicted octanol–water partition coefficient (Wildman–Crippen LogP) is 0.787. The topological polar surface area (TPSA) is 42.3 Å². The number of hydrogen-bond donors (Lipinski definition) is 1. The molecule has 1 aromatic carbocycles. The number of benzene rings is 1. The largest absolute Gasteiger partial charge is 0.314 e. The fourth-order valence-electron chi connectivity index (χ4n) is 2.96. The third kappa shape index (κ3) is 2.83. The van der Waals surface area contributed by atoms with Crippen LogP contribution >= 0.6 is 0 Å². The summed E-state index contributed by atoms with van der Waals surface area (Å²) < 4.78 is 13.3. The average molecular weight is 274 g/mol. The highest BCUT2D eigenvalue weighted by atomic mass is 19.1. The van der Waals surface area contributed by atoms with Gasteiger partial charge in [-0.2, -0.15) is 5.26 Å². The van der Waals surface area contributed by atoms with Crippen molar-refractivity contribution in [3.05, 3.63) is 35.1 Å². The smallest absolute Gasteiger partial charge is 0.140 e. The van der Waals surface area contributed by atoms with E-state index < -0.39 is 5.82 Å². The van der Waals surface area contributed by atoms with E-state index >= 15 is 0 Å². The van der Waals surface area contributed by atoms with Crippen LogP contribution < -0.4 is 5.32 Å². The minimum Gasteiger partial charge on any atom is -0.314 e. The Labute approximate surface area is 118 Å². The summed E-state index contributed by atoms with van der Waals surface area (Å²) in [6, 6.07) is 7.38. The molecule has 0 radical (unpaired) electrons. The van der Waals surface area contributed by atoms with Crippen LogP contribution in [0.4, 0.5) is 4.39 Å². The average Bonchev–Trinajstić information content (AvgIpc) is 2.45. The van der Waals surface area contributed by atoms with Gasteiger partial charge < -0.3 is 5.32 Å². The molecule has 0 saturated carbocycles. The van der Waals surface area contributed by atoms with Crippen molar-refractivity contribution in [1.82, 2.24) is 15.1 Å². The summed E-state index contributed by atoms with van der Waals surface area (Å²) in [7, 11) is 0. The monoisotopic (exact) mass is 274 g/mol. The number of rotatable bonds is 3. The fraction of sp³-hybridized carbons (Fsp3) is 0.533. The number of nitriles is 1. The van der Waals surface area contributed by atoms with Gasteiger partial charge in [0, 0.05) is 51.9 Å². The summed E-state index contributed by atoms with van der Waals surface area (Å²) in [6.07, 6.45) is 0. The highest BCUT2D eigenvalue weighted by molar-refractivity contribution is 5.34. The van der Waals surface area contributed by atoms with Gasteiger partial charge in [-0.1, -0.05) is 6.07 Å². The van der Waals surface area contributed by atoms with Crippen LogP contribution in [-0.4, -0.2) is 55.1 Å². The van der Waals surface area contributed by atoms with Crippen LogP contribution in [0.1, 0.15) is 11.1 Å². The van der Waals surface area contributed by atoms with Gasteiger partial charge in [0.25, 0.3) is 0 Å². The zero-order chi connectivity index (χ0) is 13.9. The van der Waals surface area contributed by atoms with Gasteiger partial charge in [0.05, 0.1) is 5.56 Å². The first-order chi connectivity index (χ1) is 9.76. The molecule has 4 nitrogen and oxygen atoms in total. The van der Waals surface area contributed by atoms with E-state index in [9.17, 15) is 4.39 Å². The van der Waals surface area contributed by atoms with Gasteiger partial charge in [0.2, 0.25) is 0 Å². The van der Waals surface area contributed by atoms with Crippen LogP contribution in [0.3, 0.4) is 0 Å². The standard InChI is InChI=1S/C15H19FN4/c16-15-2-1-12(7-13(15)8-17)9-19-10-14(11-19)20-5-3-18-4-6-20/h1-2,7,14,18H,3-6,9-11H2. The molecule has 106 valence electrons. The summed E-state index contributed by atoms with van der Waals surface area (Å²) in [4.78, 5) is 4.89. The highest BCUT2D eigenvalue weighted by Crippen LogP contribution is 2.19. The summed E-state index contributed by atoms with van der Waals surface area (Å²) in [5, 5.41) is 12.2. The van der Waals surface area contributed by atoms with Crippen molar-refractivity contribution in [2.45, 2.75) is 12.6 Å². The van der Waals surface area contributed by atoms with E-state index in [4.69, 9.17) is 5.26 Å². The number of halogens is 1. The molecule has 0 aromatic heterocycles. The summed E-state index contributed by atoms with van der Waals surface area (Å²) >= 11 is 0. The summed E-state index contributed by atoms with van der Waals surface area (Å²) in [6.45, 7) is 7.37. The van der Waals surface area contributed by atoms with Gasteiger partial charge in [0.15, 0.2) is 0 Å². The van der Waals surface area contributed by atoms with Gasteiger partial charge in [-0.3, -0.25) is 9.80 Å². The van der Waals surface area contributed by atoms with E-state index in [1.807, 2.05) is 6.07 Å². The summed E-state index contributed by atoms with van der Waals surface area (Å²) in [5.41, 5.74) is 1.16. The predicted molar refractivity (Wildman–Crippen MR) is 74.6 cm³/mol. The lowest BCUT2D eigenvalue weighted by Gasteiger charge is -2.46. The van der Waals surface area contributed by atoms with Crippen molar-refractivity contribution in [2.75, 3.05) is 39.3 Å². The van der Waals surface area contributed by atoms with Gasteiger partial charge in [-0.05, 0) is 17.7 Å². The van der Waals surface area contributed by atoms with Crippen LogP contribution in [0.2, 0.25) is 0 Å². The molecule has 1 aromatic rings. The molecule has 2 saturated heterocycles. The van der Waals surface area contributed by atoms with E-state index in [1.165, 1.54) is 6.07 Å². The molecular weight excluding hydrogens is 255 g/mol. The second kappa shape index (κ2) is 5.88. The number of piperazine rings is 1. The Morgan fingerprint density at radius 3 is 2.75 bits per heavy atom. The molecule has 0 unspecified atom stereocenters. The molecule has 0 aliphatic carbocycles. The molecule has 0 amide bonds. The molecule has 2 aliphatic heterocycles. The molecule has 0 spiro atoms. The SMILES string of the molecule is N#Cc1cc(CN2CC(N3CCNCC3)C2)ccc1F. The van der Waals surface area contributed by atoms with Gasteiger partial charge in [-0.25, -0.2) is 4.39 Å². The zero-order valence-electron chi connectivity index (χ0n) is 11.5. The van der Waals surface area contributed by atoms with E-state index in [2.05, 4.69) is 15.1 Å². The Bertz CT molecular complexity index is 513. The van der Waals surface area contributed by atoms with Gasteiger partial charge >= 0.3 is 0 Å². The maximum absolute atomic E-state index is 13.3. The van der Waals surface area contributed by atoms with Gasteiger partial charge in [-0.15, -0.1) is 0 Å². The fourth-order valence-corrected chi connectivity index (χ4v) is 2.96. The van der Waals surface area contributed by atoms with E-state index in [0.29, 0.717) is 6.04 Å². The molecular formula is C15H19FN4. The van der Waals surface area contributed by atoms with Crippen LogP contribution in [0, 0.1) is 17.1 Å². The minimum atomic E-state index is -0.432. The van der Waals surface area contributed by atoms with E-state index in [-0.39, 0.29) is 5.56 Å². The first kappa shape index (κ1) is 13.5. The third-order valence-corrected chi connectivity index (χ3v) is 4.16. The van der Waals surface area contributed by atoms with Crippen molar-refractivity contribution in [2.24, 2.45) is 0 Å². The lowest BCUT2D eigenvalue weighted by molar-refractivity contribution is 0.0223. The Hall–Kier alpha value is -1.48. The highest BCUT2D eigenvalue weighted by Gasteiger charge is 2.32. The zero-order valence-corrected chi connectivity index (χ0v) is 11.5. The number of hydrogen-bond acceptors (Lipinski definition) is 4. The molecule has 2 heterocycles. The van der Waals surface area contributed by atoms with E-state index in [0.717, 1.165) is 51.4 Å². The van der Waals surface area contributed by atoms with Crippen LogP contribution in [-0.2, 0) is 6.54 Å². The molecule has 2 aliphatic rings. The van der Waals surface area contributed by atoms with Crippen molar-refractivity contribution >= 4 is 0 Å². The molecule has 0 atom stereocenters. The first-order valence-electron chi connectivity index (χ1n) is 7.12. The first-order valence-corrected chi connectivity index (χ1v) is 7.12. The molecule has 2 fully saturated rings. The second-order valence-corrected chi connectivity index (χ2v) is 5.56. The summed E-state index contributed by atoms with van der Waals surface area (Å²) in [5.74, 6) is -0.432. The maximum atomic E-state index is 13.3. The third-order valence-electron chi connectivity index (χ3n) is 4.16. The molecule has 0 bridgehead atoms. The second-order valence-electron chi connectivity index (χ2n) is 5.56. The maximum Gasteiger partial charge on any atom is 0.140 e. The normalized spacial score (nSPS) is 21.4.